The minimum Gasteiger partial charge on any atom is -0.333 e. The van der Waals surface area contributed by atoms with Gasteiger partial charge in [-0.25, -0.2) is 14.7 Å². The van der Waals surface area contributed by atoms with Crippen LogP contribution in [0.3, 0.4) is 0 Å². The molecular formula is C32H42N6O3. The minimum absolute atomic E-state index is 0.0511. The molecule has 5 aliphatic rings. The molecule has 9 heteroatoms. The molecule has 2 unspecified atom stereocenters. The number of nitrogens with zero attached hydrogens (tertiary/aromatic N) is 4. The highest BCUT2D eigenvalue weighted by atomic mass is 16.2. The zero-order chi connectivity index (χ0) is 28.2. The summed E-state index contributed by atoms with van der Waals surface area (Å²) in [5.41, 5.74) is 1.29. The Morgan fingerprint density at radius 2 is 1.73 bits per heavy atom. The molecule has 3 amide bonds. The van der Waals surface area contributed by atoms with Crippen LogP contribution in [0.15, 0.2) is 41.3 Å². The fourth-order valence-corrected chi connectivity index (χ4v) is 8.98. The van der Waals surface area contributed by atoms with E-state index in [9.17, 15) is 14.4 Å². The number of carbonyl (C=O) groups excluding carboxylic acids is 2. The van der Waals surface area contributed by atoms with Gasteiger partial charge in [-0.15, -0.1) is 0 Å². The van der Waals surface area contributed by atoms with E-state index >= 15 is 0 Å². The Balaban J connectivity index is 1.23. The van der Waals surface area contributed by atoms with Gasteiger partial charge in [-0.05, 0) is 80.9 Å². The van der Waals surface area contributed by atoms with Gasteiger partial charge in [0, 0.05) is 37.3 Å². The summed E-state index contributed by atoms with van der Waals surface area (Å²) in [4.78, 5) is 47.7. The van der Waals surface area contributed by atoms with Crippen molar-refractivity contribution in [2.45, 2.75) is 108 Å². The van der Waals surface area contributed by atoms with Crippen molar-refractivity contribution in [1.29, 1.82) is 0 Å². The molecule has 7 rings (SSSR count). The molecule has 2 N–H and O–H groups in total. The van der Waals surface area contributed by atoms with Crippen LogP contribution in [0, 0.1) is 17.8 Å². The Hall–Kier alpha value is -3.20. The lowest BCUT2D eigenvalue weighted by Gasteiger charge is -2.57. The Morgan fingerprint density at radius 3 is 2.49 bits per heavy atom. The lowest BCUT2D eigenvalue weighted by Crippen LogP contribution is -2.61. The fourth-order valence-electron chi connectivity index (χ4n) is 8.98. The average Bonchev–Trinajstić information content (AvgIpc) is 2.94. The second-order valence-corrected chi connectivity index (χ2v) is 13.3. The zero-order valence-corrected chi connectivity index (χ0v) is 24.2. The lowest BCUT2D eigenvalue weighted by atomic mass is 9.67. The first-order valence-corrected chi connectivity index (χ1v) is 15.7. The average molecular weight is 559 g/mol. The van der Waals surface area contributed by atoms with E-state index in [0.29, 0.717) is 29.6 Å². The third-order valence-electron chi connectivity index (χ3n) is 10.7. The SMILES string of the molecule is CC(=O)NC1C=CN(c2nc3ccccc3n([C@H]3C[C@H]4CC[C@H](C)[C@@H](C3)N4C3C[C@H]4CCC[C@@H](C3)C4)c2=O)C(=O)N1. The van der Waals surface area contributed by atoms with E-state index in [1.165, 1.54) is 63.2 Å². The van der Waals surface area contributed by atoms with E-state index in [-0.39, 0.29) is 23.3 Å². The van der Waals surface area contributed by atoms with Crippen molar-refractivity contribution >= 4 is 28.8 Å². The number of urea groups is 1. The Labute approximate surface area is 241 Å². The van der Waals surface area contributed by atoms with Crippen molar-refractivity contribution in [3.63, 3.8) is 0 Å². The normalized spacial score (nSPS) is 35.3. The molecule has 4 bridgehead atoms. The molecule has 2 aromatic rings. The van der Waals surface area contributed by atoms with Crippen molar-refractivity contribution in [3.8, 4) is 0 Å². The van der Waals surface area contributed by atoms with Gasteiger partial charge in [-0.2, -0.15) is 0 Å². The van der Waals surface area contributed by atoms with E-state index in [0.717, 1.165) is 30.2 Å². The molecule has 0 spiro atoms. The standard InChI is InChI=1S/C32H42N6O3/c1-19-10-11-23-17-25(18-28(19)37(23)24-15-21-6-5-7-22(14-21)16-24)38-27-9-4-3-8-26(27)34-30(31(38)40)36-13-12-29(33-20(2)39)35-32(36)41/h3-4,8-9,12-13,19,21-25,28-29H,5-7,10-11,14-18H2,1-2H3,(H,33,39)(H,35,41)/t19-,21-,22+,23+,24?,25-,28+,29?/m0/s1. The smallest absolute Gasteiger partial charge is 0.329 e. The van der Waals surface area contributed by atoms with Crippen LogP contribution in [0.2, 0.25) is 0 Å². The Bertz CT molecular complexity index is 1420. The summed E-state index contributed by atoms with van der Waals surface area (Å²) in [5, 5.41) is 5.41. The highest BCUT2D eigenvalue weighted by Crippen LogP contribution is 2.48. The molecule has 41 heavy (non-hydrogen) atoms. The second-order valence-electron chi connectivity index (χ2n) is 13.3. The third-order valence-corrected chi connectivity index (χ3v) is 10.7. The van der Waals surface area contributed by atoms with E-state index < -0.39 is 12.2 Å². The third kappa shape index (κ3) is 4.86. The highest BCUT2D eigenvalue weighted by molar-refractivity contribution is 5.95. The van der Waals surface area contributed by atoms with Crippen LogP contribution in [-0.2, 0) is 4.79 Å². The highest BCUT2D eigenvalue weighted by Gasteiger charge is 2.47. The maximum Gasteiger partial charge on any atom is 0.329 e. The predicted molar refractivity (Wildman–Crippen MR) is 158 cm³/mol. The molecule has 8 atom stereocenters. The van der Waals surface area contributed by atoms with E-state index in [1.807, 2.05) is 28.8 Å². The van der Waals surface area contributed by atoms with Crippen molar-refractivity contribution in [3.05, 3.63) is 46.9 Å². The van der Waals surface area contributed by atoms with Gasteiger partial charge in [0.2, 0.25) is 11.7 Å². The van der Waals surface area contributed by atoms with Crippen LogP contribution in [0.1, 0.15) is 84.1 Å². The minimum atomic E-state index is -0.622. The maximum absolute atomic E-state index is 14.3. The molecule has 3 aliphatic heterocycles. The molecule has 2 aliphatic carbocycles. The maximum atomic E-state index is 14.3. The quantitative estimate of drug-likeness (QED) is 0.568. The van der Waals surface area contributed by atoms with Gasteiger partial charge >= 0.3 is 6.03 Å². The predicted octanol–water partition coefficient (Wildman–Crippen LogP) is 4.67. The number of fused-ring (bicyclic) bond motifs is 5. The summed E-state index contributed by atoms with van der Waals surface area (Å²) in [6.45, 7) is 3.81. The van der Waals surface area contributed by atoms with E-state index in [4.69, 9.17) is 0 Å². The molecular weight excluding hydrogens is 516 g/mol. The summed E-state index contributed by atoms with van der Waals surface area (Å²) in [6.07, 6.45) is 15.3. The van der Waals surface area contributed by atoms with Gasteiger partial charge in [0.15, 0.2) is 0 Å². The first-order chi connectivity index (χ1) is 19.9. The second kappa shape index (κ2) is 10.6. The zero-order valence-electron chi connectivity index (χ0n) is 24.2. The first kappa shape index (κ1) is 26.7. The number of rotatable bonds is 4. The topological polar surface area (TPSA) is 99.6 Å². The number of piperidine rings is 2. The van der Waals surface area contributed by atoms with E-state index in [2.05, 4.69) is 27.4 Å². The Morgan fingerprint density at radius 1 is 0.951 bits per heavy atom. The summed E-state index contributed by atoms with van der Waals surface area (Å²) in [5.74, 6) is 2.23. The molecule has 2 saturated heterocycles. The molecule has 2 saturated carbocycles. The molecule has 0 radical (unpaired) electrons. The first-order valence-electron chi connectivity index (χ1n) is 15.7. The largest absolute Gasteiger partial charge is 0.333 e. The molecule has 218 valence electrons. The number of hydrogen-bond acceptors (Lipinski definition) is 5. The molecule has 1 aromatic carbocycles. The van der Waals surface area contributed by atoms with Crippen molar-refractivity contribution < 1.29 is 9.59 Å². The van der Waals surface area contributed by atoms with Crippen LogP contribution in [0.4, 0.5) is 10.6 Å². The Kier molecular flexibility index (Phi) is 6.88. The summed E-state index contributed by atoms with van der Waals surface area (Å²) < 4.78 is 1.95. The van der Waals surface area contributed by atoms with Gasteiger partial charge in [-0.1, -0.05) is 38.3 Å². The van der Waals surface area contributed by atoms with Crippen LogP contribution in [0.5, 0.6) is 0 Å². The number of nitrogens with one attached hydrogen (secondary N) is 2. The van der Waals surface area contributed by atoms with Crippen LogP contribution in [0.25, 0.3) is 11.0 Å². The van der Waals surface area contributed by atoms with Gasteiger partial charge in [-0.3, -0.25) is 14.5 Å². The number of anilines is 1. The fraction of sp³-hybridized carbons (Fsp3) is 0.625. The number of hydrogen-bond donors (Lipinski definition) is 2. The summed E-state index contributed by atoms with van der Waals surface area (Å²) in [7, 11) is 0. The van der Waals surface area contributed by atoms with Crippen molar-refractivity contribution in [1.82, 2.24) is 25.1 Å². The number of benzene rings is 1. The number of carbonyl (C=O) groups is 2. The lowest BCUT2D eigenvalue weighted by molar-refractivity contribution is -0.119. The van der Waals surface area contributed by atoms with Crippen molar-refractivity contribution in [2.75, 3.05) is 4.90 Å². The monoisotopic (exact) mass is 558 g/mol. The number of amides is 3. The molecule has 1 aromatic heterocycles. The summed E-state index contributed by atoms with van der Waals surface area (Å²) in [6, 6.07) is 8.98. The number of aromatic nitrogens is 2. The van der Waals surface area contributed by atoms with Gasteiger partial charge in [0.05, 0.1) is 11.0 Å². The molecule has 9 nitrogen and oxygen atoms in total. The van der Waals surface area contributed by atoms with Crippen LogP contribution in [-0.4, -0.2) is 50.7 Å². The molecule has 4 fully saturated rings. The van der Waals surface area contributed by atoms with Crippen LogP contribution < -0.4 is 21.1 Å². The van der Waals surface area contributed by atoms with Gasteiger partial charge < -0.3 is 15.2 Å². The van der Waals surface area contributed by atoms with Crippen molar-refractivity contribution in [2.24, 2.45) is 17.8 Å². The van der Waals surface area contributed by atoms with Gasteiger partial charge in [0.25, 0.3) is 5.56 Å². The molecule has 4 heterocycles. The number of para-hydroxylation sites is 2. The van der Waals surface area contributed by atoms with Crippen LogP contribution >= 0.6 is 0 Å². The summed E-state index contributed by atoms with van der Waals surface area (Å²) >= 11 is 0. The van der Waals surface area contributed by atoms with E-state index in [1.54, 1.807) is 12.3 Å². The van der Waals surface area contributed by atoms with Gasteiger partial charge in [0.1, 0.15) is 6.17 Å².